The Balaban J connectivity index is 0.00000225. The van der Waals surface area contributed by atoms with Crippen molar-refractivity contribution >= 4 is 6.29 Å². The van der Waals surface area contributed by atoms with Crippen LogP contribution in [0.2, 0.25) is 0 Å². The molecule has 1 aliphatic heterocycles. The number of allylic oxidation sites excluding steroid dienone is 6. The van der Waals surface area contributed by atoms with Gasteiger partial charge in [-0.25, -0.2) is 0 Å². The molecule has 0 aliphatic carbocycles. The van der Waals surface area contributed by atoms with Crippen LogP contribution in [0.5, 0.6) is 5.75 Å². The van der Waals surface area contributed by atoms with Gasteiger partial charge in [-0.1, -0.05) is 11.6 Å². The van der Waals surface area contributed by atoms with Gasteiger partial charge in [-0.2, -0.15) is 42.1 Å². The molecule has 3 rings (SSSR count). The first kappa shape index (κ1) is 25.9. The van der Waals surface area contributed by atoms with Gasteiger partial charge in [0.1, 0.15) is 11.4 Å². The number of rotatable bonds is 8. The van der Waals surface area contributed by atoms with E-state index in [9.17, 15) is 4.79 Å². The first-order valence-corrected chi connectivity index (χ1v) is 9.42. The van der Waals surface area contributed by atoms with Crippen LogP contribution in [0, 0.1) is 51.5 Å². The fourth-order valence-electron chi connectivity index (χ4n) is 3.42. The quantitative estimate of drug-likeness (QED) is 0.235. The number of carbonyl (C=O) groups is 1. The van der Waals surface area contributed by atoms with E-state index in [4.69, 9.17) is 4.74 Å². The number of hydrogen-bond donors (Lipinski definition) is 0. The van der Waals surface area contributed by atoms with Crippen molar-refractivity contribution in [2.75, 3.05) is 6.61 Å². The first-order chi connectivity index (χ1) is 13.6. The average Bonchev–Trinajstić information content (AvgIpc) is 3.08. The molecule has 30 heavy (non-hydrogen) atoms. The minimum absolute atomic E-state index is 0. The smallest absolute Gasteiger partial charge is 0.493 e. The Hall–Kier alpha value is -2.09. The van der Waals surface area contributed by atoms with Gasteiger partial charge in [0.2, 0.25) is 0 Å². The van der Waals surface area contributed by atoms with Crippen LogP contribution in [0.25, 0.3) is 0 Å². The second-order valence-electron chi connectivity index (χ2n) is 6.85. The van der Waals surface area contributed by atoms with Crippen LogP contribution in [0.15, 0.2) is 61.4 Å². The number of nitrogens with zero attached hydrogens (tertiary/aromatic N) is 2. The zero-order valence-corrected chi connectivity index (χ0v) is 21.9. The molecule has 0 spiro atoms. The Morgan fingerprint density at radius 2 is 2.17 bits per heavy atom. The fraction of sp³-hybridized carbons (Fsp3) is 0.240. The normalized spacial score (nSPS) is 12.6. The molecule has 5 heteroatoms. The number of aldehydes is 1. The van der Waals surface area contributed by atoms with Gasteiger partial charge in [0.05, 0.1) is 19.3 Å². The van der Waals surface area contributed by atoms with Crippen molar-refractivity contribution in [3.8, 4) is 5.75 Å². The topological polar surface area (TPSA) is 44.1 Å². The molecule has 0 unspecified atom stereocenters. The maximum atomic E-state index is 11.7. The van der Waals surface area contributed by atoms with Crippen LogP contribution >= 0.6 is 0 Å². The molecule has 0 radical (unpaired) electrons. The standard InChI is InChI=1S/C24H25N2O2.CH3.U/c1-4-5-6-7-9-18(2)16-26-23(17-27)21(15-25-26)14-20-11-12-24-22(19(20)3)10-8-13-28-24;;/h4-5,7,9,11-12,15,17H,1-2,8,10,13-14,16H2,3H3;1H3;/q2*-1;+2/b9-7-;;. The summed E-state index contributed by atoms with van der Waals surface area (Å²) in [4.78, 5) is 11.7. The van der Waals surface area contributed by atoms with Crippen molar-refractivity contribution in [2.45, 2.75) is 32.7 Å². The van der Waals surface area contributed by atoms with Crippen LogP contribution in [-0.4, -0.2) is 22.7 Å². The maximum absolute atomic E-state index is 11.7. The van der Waals surface area contributed by atoms with E-state index in [0.717, 1.165) is 42.6 Å². The Kier molecular flexibility index (Phi) is 10.9. The molecule has 1 aliphatic rings. The van der Waals surface area contributed by atoms with Gasteiger partial charge < -0.3 is 12.2 Å². The van der Waals surface area contributed by atoms with Gasteiger partial charge in [0, 0.05) is 12.0 Å². The van der Waals surface area contributed by atoms with E-state index in [2.05, 4.69) is 37.3 Å². The number of ether oxygens (including phenoxy) is 1. The van der Waals surface area contributed by atoms with Gasteiger partial charge in [-0.3, -0.25) is 9.48 Å². The monoisotopic (exact) mass is 626 g/mol. The second kappa shape index (κ2) is 12.6. The molecule has 2 heterocycles. The molecule has 0 bridgehead atoms. The summed E-state index contributed by atoms with van der Waals surface area (Å²) in [6, 6.07) is 4.14. The van der Waals surface area contributed by atoms with Crippen LogP contribution in [-0.2, 0) is 19.4 Å². The number of aromatic nitrogens is 2. The molecule has 0 atom stereocenters. The molecule has 4 nitrogen and oxygen atoms in total. The molecule has 1 aromatic heterocycles. The Bertz CT molecular complexity index is 954. The molecule has 154 valence electrons. The summed E-state index contributed by atoms with van der Waals surface area (Å²) < 4.78 is 7.45. The van der Waals surface area contributed by atoms with Crippen molar-refractivity contribution in [3.05, 3.63) is 103 Å². The molecule has 2 aromatic rings. The largest absolute Gasteiger partial charge is 2.00 e. The Morgan fingerprint density at radius 1 is 1.37 bits per heavy atom. The van der Waals surface area contributed by atoms with Crippen molar-refractivity contribution in [1.82, 2.24) is 9.78 Å². The van der Waals surface area contributed by atoms with E-state index in [0.29, 0.717) is 18.7 Å². The minimum Gasteiger partial charge on any atom is -0.493 e. The first-order valence-electron chi connectivity index (χ1n) is 9.42. The van der Waals surface area contributed by atoms with E-state index < -0.39 is 0 Å². The summed E-state index contributed by atoms with van der Waals surface area (Å²) in [5, 5.41) is 4.41. The molecule has 0 amide bonds. The minimum atomic E-state index is 0. The van der Waals surface area contributed by atoms with Crippen LogP contribution < -0.4 is 4.74 Å². The molecule has 0 saturated heterocycles. The van der Waals surface area contributed by atoms with Gasteiger partial charge in [-0.05, 0) is 42.5 Å². The summed E-state index contributed by atoms with van der Waals surface area (Å²) in [5.41, 5.74) is 6.09. The number of fused-ring (bicyclic) bond motifs is 1. The Morgan fingerprint density at radius 3 is 2.90 bits per heavy atom. The Labute approximate surface area is 203 Å². The van der Waals surface area contributed by atoms with Crippen molar-refractivity contribution in [1.29, 1.82) is 0 Å². The average molecular weight is 627 g/mol. The van der Waals surface area contributed by atoms with Crippen LogP contribution in [0.3, 0.4) is 0 Å². The van der Waals surface area contributed by atoms with Gasteiger partial charge >= 0.3 is 31.1 Å². The SMILES string of the molecule is C=CC=[C-]/C=C\C(=C)Cn1ncc(Cc2ccc3c(c2C)CCCO3)c1C=O.[CH3-].[U+2]. The summed E-state index contributed by atoms with van der Waals surface area (Å²) in [6.45, 7) is 11.0. The van der Waals surface area contributed by atoms with Gasteiger partial charge in [-0.15, -0.1) is 6.58 Å². The number of hydrogen-bond acceptors (Lipinski definition) is 3. The molecule has 1 aromatic carbocycles. The zero-order chi connectivity index (χ0) is 19.9. The molecular formula is C25H28N2O2U. The molecule has 0 fully saturated rings. The van der Waals surface area contributed by atoms with E-state index in [1.165, 1.54) is 16.7 Å². The summed E-state index contributed by atoms with van der Waals surface area (Å²) in [7, 11) is 0. The van der Waals surface area contributed by atoms with Crippen LogP contribution in [0.1, 0.15) is 39.2 Å². The number of carbonyl (C=O) groups excluding carboxylic acids is 1. The van der Waals surface area contributed by atoms with Gasteiger partial charge in [0.15, 0.2) is 6.29 Å². The zero-order valence-electron chi connectivity index (χ0n) is 17.8. The van der Waals surface area contributed by atoms with E-state index in [-0.39, 0.29) is 38.5 Å². The predicted octanol–water partition coefficient (Wildman–Crippen LogP) is 5.03. The van der Waals surface area contributed by atoms with Gasteiger partial charge in [0.25, 0.3) is 0 Å². The molecule has 0 saturated carbocycles. The fourth-order valence-corrected chi connectivity index (χ4v) is 3.42. The summed E-state index contributed by atoms with van der Waals surface area (Å²) >= 11 is 0. The maximum Gasteiger partial charge on any atom is 2.00 e. The number of benzene rings is 1. The van der Waals surface area contributed by atoms with E-state index in [1.54, 1.807) is 29.1 Å². The van der Waals surface area contributed by atoms with Crippen molar-refractivity contribution in [2.24, 2.45) is 0 Å². The second-order valence-corrected chi connectivity index (χ2v) is 6.85. The van der Waals surface area contributed by atoms with E-state index in [1.807, 2.05) is 12.1 Å². The third-order valence-electron chi connectivity index (χ3n) is 4.93. The third kappa shape index (κ3) is 6.20. The molecular weight excluding hydrogens is 598 g/mol. The summed E-state index contributed by atoms with van der Waals surface area (Å²) in [5.74, 6) is 0.990. The van der Waals surface area contributed by atoms with Crippen molar-refractivity contribution in [3.63, 3.8) is 0 Å². The molecule has 0 N–H and O–H groups in total. The van der Waals surface area contributed by atoms with Crippen LogP contribution in [0.4, 0.5) is 0 Å². The predicted molar refractivity (Wildman–Crippen MR) is 118 cm³/mol. The third-order valence-corrected chi connectivity index (χ3v) is 4.93. The van der Waals surface area contributed by atoms with E-state index >= 15 is 0 Å². The summed E-state index contributed by atoms with van der Waals surface area (Å²) in [6.07, 6.45) is 15.4. The van der Waals surface area contributed by atoms with Crippen molar-refractivity contribution < 1.29 is 40.6 Å².